The van der Waals surface area contributed by atoms with Crippen LogP contribution >= 0.6 is 0 Å². The van der Waals surface area contributed by atoms with E-state index in [4.69, 9.17) is 0 Å². The van der Waals surface area contributed by atoms with Gasteiger partial charge in [-0.3, -0.25) is 24.6 Å². The van der Waals surface area contributed by atoms with Gasteiger partial charge in [0.1, 0.15) is 0 Å². The van der Waals surface area contributed by atoms with Gasteiger partial charge in [-0.2, -0.15) is 0 Å². The van der Waals surface area contributed by atoms with Crippen LogP contribution in [0.1, 0.15) is 37.9 Å². The van der Waals surface area contributed by atoms with Crippen LogP contribution in [0.5, 0.6) is 0 Å². The molecule has 156 valence electrons. The third-order valence-corrected chi connectivity index (χ3v) is 5.84. The van der Waals surface area contributed by atoms with Crippen LogP contribution in [0, 0.1) is 10.1 Å². The van der Waals surface area contributed by atoms with E-state index in [9.17, 15) is 19.7 Å². The molecule has 0 aromatic heterocycles. The third-order valence-electron chi connectivity index (χ3n) is 5.84. The Hall–Kier alpha value is -4.32. The van der Waals surface area contributed by atoms with Crippen LogP contribution in [0.3, 0.4) is 0 Å². The van der Waals surface area contributed by atoms with Crippen molar-refractivity contribution in [1.29, 1.82) is 0 Å². The van der Waals surface area contributed by atoms with Crippen LogP contribution in [-0.2, 0) is 6.42 Å². The molecule has 0 unspecified atom stereocenters. The summed E-state index contributed by atoms with van der Waals surface area (Å²) in [6.07, 6.45) is 0.433. The molecule has 32 heavy (non-hydrogen) atoms. The zero-order valence-corrected chi connectivity index (χ0v) is 17.0. The number of nitro groups is 1. The van der Waals surface area contributed by atoms with Crippen molar-refractivity contribution in [3.8, 4) is 0 Å². The first kappa shape index (κ1) is 19.6. The van der Waals surface area contributed by atoms with Crippen molar-refractivity contribution in [3.05, 3.63) is 123 Å². The Balaban J connectivity index is 1.69. The number of hydrogen-bond acceptors (Lipinski definition) is 4. The zero-order chi connectivity index (χ0) is 22.2. The molecule has 0 aliphatic carbocycles. The Kier molecular flexibility index (Phi) is 4.75. The van der Waals surface area contributed by atoms with Crippen molar-refractivity contribution in [3.63, 3.8) is 0 Å². The molecule has 1 aliphatic heterocycles. The highest BCUT2D eigenvalue weighted by atomic mass is 16.6. The summed E-state index contributed by atoms with van der Waals surface area (Å²) >= 11 is 0. The lowest BCUT2D eigenvalue weighted by molar-refractivity contribution is -0.384. The Morgan fingerprint density at radius 3 is 2.12 bits per heavy atom. The second-order valence-electron chi connectivity index (χ2n) is 7.75. The highest BCUT2D eigenvalue weighted by molar-refractivity contribution is 6.26. The molecule has 1 heterocycles. The number of nitro benzene ring substituents is 1. The number of non-ortho nitro benzene ring substituents is 1. The molecule has 2 amide bonds. The van der Waals surface area contributed by atoms with Gasteiger partial charge in [0.15, 0.2) is 0 Å². The van der Waals surface area contributed by atoms with Crippen LogP contribution in [0.4, 0.5) is 5.69 Å². The van der Waals surface area contributed by atoms with Gasteiger partial charge in [-0.15, -0.1) is 0 Å². The van der Waals surface area contributed by atoms with Gasteiger partial charge in [-0.1, -0.05) is 72.8 Å². The lowest BCUT2D eigenvalue weighted by atomic mass is 9.89. The average Bonchev–Trinajstić information content (AvgIpc) is 2.82. The lowest BCUT2D eigenvalue weighted by Gasteiger charge is -2.34. The largest absolute Gasteiger partial charge is 0.270 e. The molecule has 6 heteroatoms. The monoisotopic (exact) mass is 422 g/mol. The van der Waals surface area contributed by atoms with Gasteiger partial charge in [0, 0.05) is 23.1 Å². The van der Waals surface area contributed by atoms with E-state index >= 15 is 0 Å². The van der Waals surface area contributed by atoms with E-state index in [2.05, 4.69) is 0 Å². The average molecular weight is 422 g/mol. The van der Waals surface area contributed by atoms with Gasteiger partial charge < -0.3 is 0 Å². The Morgan fingerprint density at radius 1 is 0.781 bits per heavy atom. The van der Waals surface area contributed by atoms with E-state index in [1.807, 2.05) is 60.7 Å². The smallest absolute Gasteiger partial charge is 0.269 e. The maximum absolute atomic E-state index is 13.7. The summed E-state index contributed by atoms with van der Waals surface area (Å²) < 4.78 is 0. The number of nitrogens with zero attached hydrogens (tertiary/aromatic N) is 2. The number of carbonyl (C=O) groups excluding carboxylic acids is 2. The first-order valence-electron chi connectivity index (χ1n) is 10.2. The van der Waals surface area contributed by atoms with E-state index in [-0.39, 0.29) is 11.3 Å². The number of carbonyl (C=O) groups is 2. The van der Waals surface area contributed by atoms with Crippen LogP contribution < -0.4 is 0 Å². The maximum Gasteiger partial charge on any atom is 0.270 e. The SMILES string of the molecule is O=C1c2cccc3cc([N+](=O)[O-])cc(c23)C(=O)N1[C@H](Cc1ccccc1)c1ccccc1. The topological polar surface area (TPSA) is 80.5 Å². The van der Waals surface area contributed by atoms with Crippen molar-refractivity contribution < 1.29 is 14.5 Å². The molecule has 6 nitrogen and oxygen atoms in total. The number of rotatable bonds is 5. The van der Waals surface area contributed by atoms with Gasteiger partial charge in [0.05, 0.1) is 16.5 Å². The van der Waals surface area contributed by atoms with Crippen molar-refractivity contribution in [2.45, 2.75) is 12.5 Å². The summed E-state index contributed by atoms with van der Waals surface area (Å²) in [6, 6.07) is 26.2. The fourth-order valence-electron chi connectivity index (χ4n) is 4.37. The summed E-state index contributed by atoms with van der Waals surface area (Å²) in [7, 11) is 0. The van der Waals surface area contributed by atoms with E-state index in [0.717, 1.165) is 11.1 Å². The number of amides is 2. The van der Waals surface area contributed by atoms with Gasteiger partial charge in [0.25, 0.3) is 17.5 Å². The number of benzene rings is 4. The normalized spacial score (nSPS) is 13.9. The second-order valence-corrected chi connectivity index (χ2v) is 7.75. The minimum absolute atomic E-state index is 0.174. The van der Waals surface area contributed by atoms with Gasteiger partial charge in [0.2, 0.25) is 0 Å². The maximum atomic E-state index is 13.7. The molecule has 0 spiro atoms. The zero-order valence-electron chi connectivity index (χ0n) is 17.0. The summed E-state index contributed by atoms with van der Waals surface area (Å²) in [6.45, 7) is 0. The standard InChI is InChI=1S/C26H18N2O4/c29-25-21-13-7-12-19-15-20(28(31)32)16-22(24(19)21)26(30)27(25)23(18-10-5-2-6-11-18)14-17-8-3-1-4-9-17/h1-13,15-16,23H,14H2/t23-/m1/s1. The van der Waals surface area contributed by atoms with Gasteiger partial charge in [-0.05, 0) is 29.0 Å². The van der Waals surface area contributed by atoms with E-state index in [1.165, 1.54) is 17.0 Å². The summed E-state index contributed by atoms with van der Waals surface area (Å²) in [4.78, 5) is 39.5. The predicted octanol–water partition coefficient (Wildman–Crippen LogP) is 5.33. The van der Waals surface area contributed by atoms with E-state index in [0.29, 0.717) is 22.8 Å². The first-order chi connectivity index (χ1) is 15.5. The van der Waals surface area contributed by atoms with Crippen LogP contribution in [-0.4, -0.2) is 21.6 Å². The van der Waals surface area contributed by atoms with Gasteiger partial charge >= 0.3 is 0 Å². The molecule has 0 N–H and O–H groups in total. The molecule has 1 aliphatic rings. The molecule has 0 bridgehead atoms. The minimum atomic E-state index is -0.554. The molecule has 1 atom stereocenters. The van der Waals surface area contributed by atoms with Crippen LogP contribution in [0.2, 0.25) is 0 Å². The molecule has 4 aromatic rings. The fourth-order valence-corrected chi connectivity index (χ4v) is 4.37. The van der Waals surface area contributed by atoms with Crippen molar-refractivity contribution in [2.75, 3.05) is 0 Å². The lowest BCUT2D eigenvalue weighted by Crippen LogP contribution is -2.43. The molecular weight excluding hydrogens is 404 g/mol. The second kappa shape index (κ2) is 7.74. The Morgan fingerprint density at radius 2 is 1.44 bits per heavy atom. The Bertz CT molecular complexity index is 1370. The highest BCUT2D eigenvalue weighted by Crippen LogP contribution is 2.38. The Labute approximate surface area is 183 Å². The minimum Gasteiger partial charge on any atom is -0.269 e. The van der Waals surface area contributed by atoms with Crippen molar-refractivity contribution in [2.24, 2.45) is 0 Å². The van der Waals surface area contributed by atoms with Crippen molar-refractivity contribution >= 4 is 28.3 Å². The quantitative estimate of drug-likeness (QED) is 0.247. The first-order valence-corrected chi connectivity index (χ1v) is 10.2. The highest BCUT2D eigenvalue weighted by Gasteiger charge is 2.39. The molecular formula is C26H18N2O4. The summed E-state index contributed by atoms with van der Waals surface area (Å²) in [5.74, 6) is -0.918. The molecule has 0 saturated carbocycles. The van der Waals surface area contributed by atoms with E-state index in [1.54, 1.807) is 18.2 Å². The van der Waals surface area contributed by atoms with E-state index < -0.39 is 22.8 Å². The molecule has 4 aromatic carbocycles. The number of imide groups is 1. The molecule has 0 fully saturated rings. The molecule has 0 saturated heterocycles. The summed E-state index contributed by atoms with van der Waals surface area (Å²) in [5, 5.41) is 12.5. The van der Waals surface area contributed by atoms with Crippen molar-refractivity contribution in [1.82, 2.24) is 4.90 Å². The molecule has 0 radical (unpaired) electrons. The fraction of sp³-hybridized carbons (Fsp3) is 0.0769. The van der Waals surface area contributed by atoms with Gasteiger partial charge in [-0.25, -0.2) is 0 Å². The number of hydrogen-bond donors (Lipinski definition) is 0. The van der Waals surface area contributed by atoms with Crippen LogP contribution in [0.25, 0.3) is 10.8 Å². The predicted molar refractivity (Wildman–Crippen MR) is 120 cm³/mol. The summed E-state index contributed by atoms with van der Waals surface area (Å²) in [5.41, 5.74) is 2.18. The third kappa shape index (κ3) is 3.22. The van der Waals surface area contributed by atoms with Crippen LogP contribution in [0.15, 0.2) is 91.0 Å². The molecule has 5 rings (SSSR count).